The third-order valence-corrected chi connectivity index (χ3v) is 3.96. The largest absolute Gasteiger partial charge is 0.493 e. The molecule has 2 aromatic carbocycles. The zero-order valence-electron chi connectivity index (χ0n) is 12.5. The fraction of sp³-hybridized carbons (Fsp3) is 0.294. The molecule has 2 aromatic rings. The molecule has 0 spiro atoms. The molecule has 112 valence electrons. The summed E-state index contributed by atoms with van der Waals surface area (Å²) in [6.45, 7) is 4.06. The van der Waals surface area contributed by atoms with E-state index in [1.165, 1.54) is 5.56 Å². The number of nitrogens with two attached hydrogens (primary N) is 1. The van der Waals surface area contributed by atoms with Crippen LogP contribution in [0.5, 0.6) is 17.2 Å². The summed E-state index contributed by atoms with van der Waals surface area (Å²) in [5.41, 5.74) is 8.15. The van der Waals surface area contributed by atoms with Crippen molar-refractivity contribution in [1.82, 2.24) is 0 Å². The second-order valence-corrected chi connectivity index (χ2v) is 5.77. The van der Waals surface area contributed by atoms with Crippen LogP contribution in [-0.4, -0.2) is 7.11 Å². The van der Waals surface area contributed by atoms with E-state index in [-0.39, 0.29) is 6.04 Å². The average Bonchev–Trinajstić information content (AvgIpc) is 2.49. The predicted octanol–water partition coefficient (Wildman–Crippen LogP) is 4.83. The molecule has 0 bridgehead atoms. The van der Waals surface area contributed by atoms with Crippen molar-refractivity contribution < 1.29 is 9.47 Å². The van der Waals surface area contributed by atoms with Crippen LogP contribution in [0.4, 0.5) is 0 Å². The fourth-order valence-corrected chi connectivity index (χ4v) is 2.50. The molecule has 0 aromatic heterocycles. The van der Waals surface area contributed by atoms with Crippen molar-refractivity contribution in [3.8, 4) is 17.2 Å². The van der Waals surface area contributed by atoms with E-state index < -0.39 is 0 Å². The number of hydrogen-bond donors (Lipinski definition) is 1. The van der Waals surface area contributed by atoms with E-state index in [0.717, 1.165) is 28.0 Å². The molecular weight excluding hydrogens is 330 g/mol. The van der Waals surface area contributed by atoms with Crippen LogP contribution in [0.15, 0.2) is 40.9 Å². The molecule has 0 aliphatic heterocycles. The topological polar surface area (TPSA) is 44.5 Å². The smallest absolute Gasteiger partial charge is 0.169 e. The summed E-state index contributed by atoms with van der Waals surface area (Å²) >= 11 is 3.53. The Morgan fingerprint density at radius 2 is 1.81 bits per heavy atom. The molecule has 2 rings (SSSR count). The molecule has 3 nitrogen and oxygen atoms in total. The normalized spacial score (nSPS) is 12.0. The Hall–Kier alpha value is -1.52. The molecule has 0 aliphatic carbocycles. The third kappa shape index (κ3) is 3.77. The highest BCUT2D eigenvalue weighted by molar-refractivity contribution is 9.10. The molecule has 0 heterocycles. The maximum absolute atomic E-state index is 5.95. The van der Waals surface area contributed by atoms with Gasteiger partial charge in [0.25, 0.3) is 0 Å². The Morgan fingerprint density at radius 1 is 1.10 bits per heavy atom. The van der Waals surface area contributed by atoms with Gasteiger partial charge in [-0.1, -0.05) is 19.1 Å². The summed E-state index contributed by atoms with van der Waals surface area (Å²) < 4.78 is 12.2. The van der Waals surface area contributed by atoms with Crippen molar-refractivity contribution in [3.05, 3.63) is 52.0 Å². The Bertz CT molecular complexity index is 626. The van der Waals surface area contributed by atoms with Gasteiger partial charge < -0.3 is 15.2 Å². The number of rotatable bonds is 5. The van der Waals surface area contributed by atoms with Gasteiger partial charge in [-0.3, -0.25) is 0 Å². The molecule has 0 amide bonds. The first-order chi connectivity index (χ1) is 10.0. The lowest BCUT2D eigenvalue weighted by atomic mass is 10.1. The summed E-state index contributed by atoms with van der Waals surface area (Å²) in [7, 11) is 1.65. The molecule has 0 unspecified atom stereocenters. The van der Waals surface area contributed by atoms with Crippen molar-refractivity contribution >= 4 is 15.9 Å². The van der Waals surface area contributed by atoms with E-state index in [1.807, 2.05) is 43.3 Å². The van der Waals surface area contributed by atoms with Crippen molar-refractivity contribution in [2.45, 2.75) is 26.3 Å². The number of ether oxygens (including phenoxy) is 2. The van der Waals surface area contributed by atoms with Crippen molar-refractivity contribution in [1.29, 1.82) is 0 Å². The molecule has 0 saturated heterocycles. The maximum atomic E-state index is 5.95. The lowest BCUT2D eigenvalue weighted by Gasteiger charge is -2.14. The van der Waals surface area contributed by atoms with Crippen LogP contribution in [0.2, 0.25) is 0 Å². The summed E-state index contributed by atoms with van der Waals surface area (Å²) in [5, 5.41) is 0. The van der Waals surface area contributed by atoms with E-state index in [0.29, 0.717) is 5.75 Å². The van der Waals surface area contributed by atoms with Crippen molar-refractivity contribution in [2.24, 2.45) is 5.73 Å². The lowest BCUT2D eigenvalue weighted by Crippen LogP contribution is -2.04. The maximum Gasteiger partial charge on any atom is 0.169 e. The number of benzene rings is 2. The highest BCUT2D eigenvalue weighted by atomic mass is 79.9. The standard InChI is InChI=1S/C17H20BrNO2/c1-4-12-5-7-16(17(9-12)20-3)21-15-8-6-13(11(2)19)10-14(15)18/h5-11H,4,19H2,1-3H3/t11-/m0/s1. The van der Waals surface area contributed by atoms with Crippen LogP contribution in [0.25, 0.3) is 0 Å². The van der Waals surface area contributed by atoms with Gasteiger partial charge >= 0.3 is 0 Å². The summed E-state index contributed by atoms with van der Waals surface area (Å²) in [5.74, 6) is 2.17. The predicted molar refractivity (Wildman–Crippen MR) is 89.2 cm³/mol. The van der Waals surface area contributed by atoms with Gasteiger partial charge in [0, 0.05) is 6.04 Å². The molecule has 4 heteroatoms. The highest BCUT2D eigenvalue weighted by Crippen LogP contribution is 2.36. The van der Waals surface area contributed by atoms with Crippen LogP contribution in [-0.2, 0) is 6.42 Å². The first kappa shape index (κ1) is 15.9. The molecule has 1 atom stereocenters. The van der Waals surface area contributed by atoms with Gasteiger partial charge in [-0.25, -0.2) is 0 Å². The Kier molecular flexibility index (Phi) is 5.26. The van der Waals surface area contributed by atoms with Crippen LogP contribution in [0, 0.1) is 0 Å². The second-order valence-electron chi connectivity index (χ2n) is 4.92. The molecule has 0 saturated carbocycles. The third-order valence-electron chi connectivity index (χ3n) is 3.34. The average molecular weight is 350 g/mol. The van der Waals surface area contributed by atoms with Crippen molar-refractivity contribution in [3.63, 3.8) is 0 Å². The quantitative estimate of drug-likeness (QED) is 0.840. The van der Waals surface area contributed by atoms with Gasteiger partial charge in [-0.2, -0.15) is 0 Å². The van der Waals surface area contributed by atoms with Crippen LogP contribution >= 0.6 is 15.9 Å². The Labute approximate surface area is 134 Å². The van der Waals surface area contributed by atoms with E-state index in [2.05, 4.69) is 22.9 Å². The van der Waals surface area contributed by atoms with Gasteiger partial charge in [0.1, 0.15) is 5.75 Å². The summed E-state index contributed by atoms with van der Waals surface area (Å²) in [4.78, 5) is 0. The monoisotopic (exact) mass is 349 g/mol. The SMILES string of the molecule is CCc1ccc(Oc2ccc([C@H](C)N)cc2Br)c(OC)c1. The second kappa shape index (κ2) is 6.96. The van der Waals surface area contributed by atoms with E-state index in [4.69, 9.17) is 15.2 Å². The molecule has 21 heavy (non-hydrogen) atoms. The molecule has 0 aliphatic rings. The number of methoxy groups -OCH3 is 1. The van der Waals surface area contributed by atoms with Gasteiger partial charge in [0.2, 0.25) is 0 Å². The van der Waals surface area contributed by atoms with Gasteiger partial charge in [0.15, 0.2) is 11.5 Å². The molecule has 0 radical (unpaired) electrons. The zero-order valence-corrected chi connectivity index (χ0v) is 14.1. The first-order valence-electron chi connectivity index (χ1n) is 6.95. The van der Waals surface area contributed by atoms with Crippen molar-refractivity contribution in [2.75, 3.05) is 7.11 Å². The highest BCUT2D eigenvalue weighted by Gasteiger charge is 2.10. The molecule has 0 fully saturated rings. The fourth-order valence-electron chi connectivity index (χ4n) is 2.02. The Balaban J connectivity index is 2.29. The van der Waals surface area contributed by atoms with Gasteiger partial charge in [0.05, 0.1) is 11.6 Å². The van der Waals surface area contributed by atoms with E-state index >= 15 is 0 Å². The minimum atomic E-state index is -0.00581. The minimum absolute atomic E-state index is 0.00581. The lowest BCUT2D eigenvalue weighted by molar-refractivity contribution is 0.377. The van der Waals surface area contributed by atoms with Gasteiger partial charge in [-0.15, -0.1) is 0 Å². The van der Waals surface area contributed by atoms with Crippen LogP contribution in [0.1, 0.15) is 31.0 Å². The minimum Gasteiger partial charge on any atom is -0.493 e. The Morgan fingerprint density at radius 3 is 2.38 bits per heavy atom. The molecular formula is C17H20BrNO2. The van der Waals surface area contributed by atoms with E-state index in [1.54, 1.807) is 7.11 Å². The number of aryl methyl sites for hydroxylation is 1. The summed E-state index contributed by atoms with van der Waals surface area (Å²) in [6.07, 6.45) is 0.962. The van der Waals surface area contributed by atoms with Crippen LogP contribution in [0.3, 0.4) is 0 Å². The number of halogens is 1. The van der Waals surface area contributed by atoms with Gasteiger partial charge in [-0.05, 0) is 64.7 Å². The molecule has 2 N–H and O–H groups in total. The van der Waals surface area contributed by atoms with E-state index in [9.17, 15) is 0 Å². The number of hydrogen-bond acceptors (Lipinski definition) is 3. The first-order valence-corrected chi connectivity index (χ1v) is 7.74. The van der Waals surface area contributed by atoms with Crippen LogP contribution < -0.4 is 15.2 Å². The summed E-state index contributed by atoms with van der Waals surface area (Å²) in [6, 6.07) is 11.8. The zero-order chi connectivity index (χ0) is 15.4.